The monoisotopic (exact) mass is 285 g/mol. The van der Waals surface area contributed by atoms with Crippen LogP contribution in [0.4, 0.5) is 0 Å². The van der Waals surface area contributed by atoms with E-state index in [4.69, 9.17) is 9.72 Å². The van der Waals surface area contributed by atoms with Crippen molar-refractivity contribution in [2.24, 2.45) is 0 Å². The number of nitrogens with zero attached hydrogens (tertiary/aromatic N) is 2. The fourth-order valence-electron chi connectivity index (χ4n) is 2.96. The lowest BCUT2D eigenvalue weighted by Crippen LogP contribution is -2.25. The van der Waals surface area contributed by atoms with Gasteiger partial charge in [-0.05, 0) is 24.6 Å². The molecule has 0 unspecified atom stereocenters. The van der Waals surface area contributed by atoms with Gasteiger partial charge in [0, 0.05) is 31.1 Å². The van der Waals surface area contributed by atoms with E-state index in [1.165, 1.54) is 17.0 Å². The molecule has 3 rings (SSSR count). The zero-order valence-electron chi connectivity index (χ0n) is 13.2. The second kappa shape index (κ2) is 5.53. The zero-order chi connectivity index (χ0) is 15.0. The standard InChI is InChI=1S/C17H23N3O/c1-11(2)17-19-13-10-18-8-7-14(13)20(17)15-9-12(3)5-6-16(15)21-4/h5-6,9,11,18H,7-8,10H2,1-4H3. The number of aromatic nitrogens is 2. The highest BCUT2D eigenvalue weighted by molar-refractivity contribution is 5.52. The molecule has 1 aliphatic rings. The number of ether oxygens (including phenoxy) is 1. The third-order valence-electron chi connectivity index (χ3n) is 4.00. The summed E-state index contributed by atoms with van der Waals surface area (Å²) in [4.78, 5) is 4.88. The minimum absolute atomic E-state index is 0.376. The second-order valence-electron chi connectivity index (χ2n) is 5.96. The number of aryl methyl sites for hydroxylation is 1. The summed E-state index contributed by atoms with van der Waals surface area (Å²) in [5, 5.41) is 3.40. The van der Waals surface area contributed by atoms with Gasteiger partial charge in [0.05, 0.1) is 18.5 Å². The Kier molecular flexibility index (Phi) is 3.72. The number of fused-ring (bicyclic) bond motifs is 1. The lowest BCUT2D eigenvalue weighted by Gasteiger charge is -2.19. The van der Waals surface area contributed by atoms with E-state index < -0.39 is 0 Å². The van der Waals surface area contributed by atoms with Crippen molar-refractivity contribution in [2.45, 2.75) is 39.7 Å². The highest BCUT2D eigenvalue weighted by Crippen LogP contribution is 2.31. The lowest BCUT2D eigenvalue weighted by atomic mass is 10.1. The Bertz CT molecular complexity index is 658. The predicted octanol–water partition coefficient (Wildman–Crippen LogP) is 2.96. The molecule has 0 radical (unpaired) electrons. The first-order valence-corrected chi connectivity index (χ1v) is 7.58. The molecule has 2 heterocycles. The average molecular weight is 285 g/mol. The molecule has 1 aliphatic heterocycles. The van der Waals surface area contributed by atoms with E-state index in [2.05, 4.69) is 42.8 Å². The molecule has 1 N–H and O–H groups in total. The summed E-state index contributed by atoms with van der Waals surface area (Å²) in [5.41, 5.74) is 4.84. The van der Waals surface area contributed by atoms with Gasteiger partial charge in [-0.1, -0.05) is 19.9 Å². The van der Waals surface area contributed by atoms with Crippen LogP contribution in [0.15, 0.2) is 18.2 Å². The first-order valence-electron chi connectivity index (χ1n) is 7.58. The number of imidazole rings is 1. The van der Waals surface area contributed by atoms with Gasteiger partial charge in [-0.15, -0.1) is 0 Å². The molecule has 21 heavy (non-hydrogen) atoms. The lowest BCUT2D eigenvalue weighted by molar-refractivity contribution is 0.411. The van der Waals surface area contributed by atoms with Gasteiger partial charge in [0.1, 0.15) is 11.6 Å². The highest BCUT2D eigenvalue weighted by Gasteiger charge is 2.23. The van der Waals surface area contributed by atoms with E-state index in [9.17, 15) is 0 Å². The molecule has 0 saturated carbocycles. The maximum absolute atomic E-state index is 5.59. The molecular formula is C17H23N3O. The van der Waals surface area contributed by atoms with Gasteiger partial charge in [0.2, 0.25) is 0 Å². The number of hydrogen-bond donors (Lipinski definition) is 1. The fraction of sp³-hybridized carbons (Fsp3) is 0.471. The number of hydrogen-bond acceptors (Lipinski definition) is 3. The third-order valence-corrected chi connectivity index (χ3v) is 4.00. The minimum Gasteiger partial charge on any atom is -0.495 e. The van der Waals surface area contributed by atoms with Gasteiger partial charge in [0.15, 0.2) is 0 Å². The molecular weight excluding hydrogens is 262 g/mol. The third kappa shape index (κ3) is 2.44. The van der Waals surface area contributed by atoms with Crippen molar-refractivity contribution in [1.82, 2.24) is 14.9 Å². The molecule has 0 saturated heterocycles. The molecule has 0 atom stereocenters. The Balaban J connectivity index is 2.26. The molecule has 2 aromatic rings. The Morgan fingerprint density at radius 1 is 1.33 bits per heavy atom. The van der Waals surface area contributed by atoms with Crippen LogP contribution in [0, 0.1) is 6.92 Å². The van der Waals surface area contributed by atoms with Gasteiger partial charge in [0.25, 0.3) is 0 Å². The van der Waals surface area contributed by atoms with Crippen molar-refractivity contribution < 1.29 is 4.74 Å². The van der Waals surface area contributed by atoms with Crippen molar-refractivity contribution in [3.63, 3.8) is 0 Å². The predicted molar refractivity (Wildman–Crippen MR) is 84.4 cm³/mol. The van der Waals surface area contributed by atoms with Crippen molar-refractivity contribution in [3.05, 3.63) is 41.0 Å². The second-order valence-corrected chi connectivity index (χ2v) is 5.96. The number of methoxy groups -OCH3 is 1. The van der Waals surface area contributed by atoms with Crippen molar-refractivity contribution in [2.75, 3.05) is 13.7 Å². The van der Waals surface area contributed by atoms with E-state index in [0.29, 0.717) is 5.92 Å². The van der Waals surface area contributed by atoms with Crippen LogP contribution >= 0.6 is 0 Å². The maximum atomic E-state index is 5.59. The maximum Gasteiger partial charge on any atom is 0.142 e. The van der Waals surface area contributed by atoms with Crippen LogP contribution in [0.1, 0.15) is 42.5 Å². The minimum atomic E-state index is 0.376. The van der Waals surface area contributed by atoms with Crippen LogP contribution in [0.5, 0.6) is 5.75 Å². The summed E-state index contributed by atoms with van der Waals surface area (Å²) in [6, 6.07) is 6.32. The summed E-state index contributed by atoms with van der Waals surface area (Å²) >= 11 is 0. The molecule has 0 amide bonds. The van der Waals surface area contributed by atoms with Gasteiger partial charge >= 0.3 is 0 Å². The van der Waals surface area contributed by atoms with Crippen LogP contribution in [-0.2, 0) is 13.0 Å². The van der Waals surface area contributed by atoms with Crippen molar-refractivity contribution in [1.29, 1.82) is 0 Å². The molecule has 1 aromatic heterocycles. The van der Waals surface area contributed by atoms with Gasteiger partial charge < -0.3 is 10.1 Å². The molecule has 4 heteroatoms. The molecule has 0 fully saturated rings. The molecule has 112 valence electrons. The fourth-order valence-corrected chi connectivity index (χ4v) is 2.96. The van der Waals surface area contributed by atoms with Crippen LogP contribution < -0.4 is 10.1 Å². The summed E-state index contributed by atoms with van der Waals surface area (Å²) in [6.45, 7) is 8.36. The van der Waals surface area contributed by atoms with Crippen LogP contribution in [0.2, 0.25) is 0 Å². The smallest absolute Gasteiger partial charge is 0.142 e. The molecule has 0 aliphatic carbocycles. The van der Waals surface area contributed by atoms with Crippen LogP contribution in [0.3, 0.4) is 0 Å². The summed E-state index contributed by atoms with van der Waals surface area (Å²) in [5.74, 6) is 2.40. The molecule has 0 spiro atoms. The number of nitrogens with one attached hydrogen (secondary N) is 1. The summed E-state index contributed by atoms with van der Waals surface area (Å²) in [6.07, 6.45) is 1.01. The van der Waals surface area contributed by atoms with E-state index in [0.717, 1.165) is 36.8 Å². The SMILES string of the molecule is COc1ccc(C)cc1-n1c(C(C)C)nc2c1CCNC2. The topological polar surface area (TPSA) is 39.1 Å². The Labute approximate surface area is 126 Å². The van der Waals surface area contributed by atoms with E-state index in [-0.39, 0.29) is 0 Å². The van der Waals surface area contributed by atoms with Crippen LogP contribution in [0.25, 0.3) is 5.69 Å². The normalized spacial score (nSPS) is 14.3. The highest BCUT2D eigenvalue weighted by atomic mass is 16.5. The van der Waals surface area contributed by atoms with Gasteiger partial charge in [-0.25, -0.2) is 4.98 Å². The first-order chi connectivity index (χ1) is 10.1. The Hall–Kier alpha value is -1.81. The Morgan fingerprint density at radius 2 is 2.14 bits per heavy atom. The number of benzene rings is 1. The van der Waals surface area contributed by atoms with E-state index in [1.54, 1.807) is 7.11 Å². The van der Waals surface area contributed by atoms with E-state index in [1.807, 2.05) is 6.07 Å². The largest absolute Gasteiger partial charge is 0.495 e. The molecule has 1 aromatic carbocycles. The zero-order valence-corrected chi connectivity index (χ0v) is 13.2. The first kappa shape index (κ1) is 14.1. The van der Waals surface area contributed by atoms with Gasteiger partial charge in [-0.3, -0.25) is 4.57 Å². The summed E-state index contributed by atoms with van der Waals surface area (Å²) < 4.78 is 7.90. The van der Waals surface area contributed by atoms with Crippen molar-refractivity contribution >= 4 is 0 Å². The van der Waals surface area contributed by atoms with Crippen LogP contribution in [-0.4, -0.2) is 23.2 Å². The number of rotatable bonds is 3. The quantitative estimate of drug-likeness (QED) is 0.942. The van der Waals surface area contributed by atoms with Gasteiger partial charge in [-0.2, -0.15) is 0 Å². The Morgan fingerprint density at radius 3 is 2.86 bits per heavy atom. The summed E-state index contributed by atoms with van der Waals surface area (Å²) in [7, 11) is 1.73. The van der Waals surface area contributed by atoms with E-state index >= 15 is 0 Å². The molecule has 4 nitrogen and oxygen atoms in total. The molecule has 0 bridgehead atoms. The average Bonchev–Trinajstić information content (AvgIpc) is 2.86. The van der Waals surface area contributed by atoms with Crippen molar-refractivity contribution in [3.8, 4) is 11.4 Å².